The van der Waals surface area contributed by atoms with Crippen LogP contribution < -0.4 is 0 Å². The highest BCUT2D eigenvalue weighted by Gasteiger charge is 2.22. The Morgan fingerprint density at radius 1 is 1.45 bits per heavy atom. The van der Waals surface area contributed by atoms with Crippen LogP contribution in [0.3, 0.4) is 0 Å². The summed E-state index contributed by atoms with van der Waals surface area (Å²) < 4.78 is 15.1. The fraction of sp³-hybridized carbons (Fsp3) is 0.333. The van der Waals surface area contributed by atoms with Crippen molar-refractivity contribution in [2.24, 2.45) is 0 Å². The lowest BCUT2D eigenvalue weighted by molar-refractivity contribution is -0.384. The van der Waals surface area contributed by atoms with Gasteiger partial charge in [0, 0.05) is 12.6 Å². The maximum absolute atomic E-state index is 13.4. The Labute approximate surface area is 119 Å². The Kier molecular flexibility index (Phi) is 4.29. The van der Waals surface area contributed by atoms with Gasteiger partial charge in [-0.15, -0.1) is 21.8 Å². The standard InChI is InChI=1S/C12H12ClFN4O2/c1-2-5-17-11(7-13)15-16-12(17)9-6-8(14)3-4-10(9)18(19)20/h3-4,6H,2,5,7H2,1H3. The summed E-state index contributed by atoms with van der Waals surface area (Å²) in [6, 6.07) is 3.26. The highest BCUT2D eigenvalue weighted by atomic mass is 35.5. The van der Waals surface area contributed by atoms with E-state index in [0.29, 0.717) is 12.4 Å². The van der Waals surface area contributed by atoms with Crippen molar-refractivity contribution < 1.29 is 9.31 Å². The van der Waals surface area contributed by atoms with Crippen LogP contribution in [-0.4, -0.2) is 19.7 Å². The molecule has 0 N–H and O–H groups in total. The lowest BCUT2D eigenvalue weighted by Crippen LogP contribution is -2.05. The van der Waals surface area contributed by atoms with Gasteiger partial charge >= 0.3 is 0 Å². The van der Waals surface area contributed by atoms with Crippen molar-refractivity contribution in [2.75, 3.05) is 0 Å². The Hall–Kier alpha value is -2.02. The largest absolute Gasteiger partial charge is 0.310 e. The fourth-order valence-electron chi connectivity index (χ4n) is 1.94. The topological polar surface area (TPSA) is 73.8 Å². The summed E-state index contributed by atoms with van der Waals surface area (Å²) in [7, 11) is 0. The molecule has 2 rings (SSSR count). The number of hydrogen-bond donors (Lipinski definition) is 0. The van der Waals surface area contributed by atoms with Gasteiger partial charge in [0.05, 0.1) is 16.4 Å². The number of aromatic nitrogens is 3. The second-order valence-electron chi connectivity index (χ2n) is 4.14. The molecule has 0 atom stereocenters. The first-order valence-electron chi connectivity index (χ1n) is 6.00. The normalized spacial score (nSPS) is 10.8. The van der Waals surface area contributed by atoms with Gasteiger partial charge in [0.15, 0.2) is 5.82 Å². The minimum Gasteiger partial charge on any atom is -0.310 e. The fourth-order valence-corrected chi connectivity index (χ4v) is 2.14. The molecule has 106 valence electrons. The van der Waals surface area contributed by atoms with E-state index < -0.39 is 10.7 Å². The Balaban J connectivity index is 2.64. The molecular formula is C12H12ClFN4O2. The van der Waals surface area contributed by atoms with Crippen LogP contribution in [0.4, 0.5) is 10.1 Å². The lowest BCUT2D eigenvalue weighted by Gasteiger charge is -2.08. The highest BCUT2D eigenvalue weighted by Crippen LogP contribution is 2.30. The van der Waals surface area contributed by atoms with Crippen molar-refractivity contribution in [3.63, 3.8) is 0 Å². The molecule has 0 saturated carbocycles. The summed E-state index contributed by atoms with van der Waals surface area (Å²) in [6.07, 6.45) is 0.776. The molecule has 0 aliphatic rings. The van der Waals surface area contributed by atoms with Gasteiger partial charge in [-0.05, 0) is 18.6 Å². The summed E-state index contributed by atoms with van der Waals surface area (Å²) in [5, 5.41) is 18.9. The maximum Gasteiger partial charge on any atom is 0.280 e. The molecule has 0 amide bonds. The van der Waals surface area contributed by atoms with Crippen LogP contribution in [0.15, 0.2) is 18.2 Å². The first-order valence-corrected chi connectivity index (χ1v) is 6.54. The monoisotopic (exact) mass is 298 g/mol. The Bertz CT molecular complexity index is 644. The quantitative estimate of drug-likeness (QED) is 0.483. The zero-order valence-corrected chi connectivity index (χ0v) is 11.5. The van der Waals surface area contributed by atoms with Crippen LogP contribution in [0.1, 0.15) is 19.2 Å². The molecule has 0 fully saturated rings. The summed E-state index contributed by atoms with van der Waals surface area (Å²) in [5.41, 5.74) is -0.107. The molecule has 6 nitrogen and oxygen atoms in total. The molecule has 0 aliphatic carbocycles. The van der Waals surface area contributed by atoms with Gasteiger partial charge in [-0.25, -0.2) is 4.39 Å². The van der Waals surface area contributed by atoms with Crippen molar-refractivity contribution in [3.05, 3.63) is 40.0 Å². The van der Waals surface area contributed by atoms with Gasteiger partial charge in [0.2, 0.25) is 0 Å². The number of alkyl halides is 1. The predicted octanol–water partition coefficient (Wildman–Crippen LogP) is 3.14. The molecule has 1 heterocycles. The first-order chi connectivity index (χ1) is 9.58. The van der Waals surface area contributed by atoms with E-state index in [1.807, 2.05) is 6.92 Å². The van der Waals surface area contributed by atoms with Crippen molar-refractivity contribution in [2.45, 2.75) is 25.8 Å². The van der Waals surface area contributed by atoms with E-state index >= 15 is 0 Å². The second kappa shape index (κ2) is 5.96. The van der Waals surface area contributed by atoms with Gasteiger partial charge < -0.3 is 4.57 Å². The summed E-state index contributed by atoms with van der Waals surface area (Å²) in [4.78, 5) is 10.5. The van der Waals surface area contributed by atoms with Crippen LogP contribution in [0.25, 0.3) is 11.4 Å². The van der Waals surface area contributed by atoms with Crippen LogP contribution in [0.2, 0.25) is 0 Å². The van der Waals surface area contributed by atoms with Crippen LogP contribution in [0, 0.1) is 15.9 Å². The van der Waals surface area contributed by atoms with Gasteiger partial charge in [0.25, 0.3) is 5.69 Å². The van der Waals surface area contributed by atoms with E-state index in [9.17, 15) is 14.5 Å². The van der Waals surface area contributed by atoms with Gasteiger partial charge in [-0.1, -0.05) is 6.92 Å². The van der Waals surface area contributed by atoms with Crippen LogP contribution >= 0.6 is 11.6 Å². The average molecular weight is 299 g/mol. The molecule has 0 radical (unpaired) electrons. The van der Waals surface area contributed by atoms with Crippen LogP contribution in [0.5, 0.6) is 0 Å². The van der Waals surface area contributed by atoms with E-state index in [1.165, 1.54) is 0 Å². The molecule has 0 spiro atoms. The third-order valence-corrected chi connectivity index (χ3v) is 3.03. The average Bonchev–Trinajstić information content (AvgIpc) is 2.81. The minimum atomic E-state index is -0.569. The Morgan fingerprint density at radius 2 is 2.20 bits per heavy atom. The number of hydrogen-bond acceptors (Lipinski definition) is 4. The number of benzene rings is 1. The highest BCUT2D eigenvalue weighted by molar-refractivity contribution is 6.16. The second-order valence-corrected chi connectivity index (χ2v) is 4.41. The smallest absolute Gasteiger partial charge is 0.280 e. The number of nitro benzene ring substituents is 1. The number of rotatable bonds is 5. The minimum absolute atomic E-state index is 0.104. The molecule has 0 saturated heterocycles. The van der Waals surface area contributed by atoms with E-state index in [0.717, 1.165) is 24.6 Å². The van der Waals surface area contributed by atoms with Crippen molar-refractivity contribution in [1.29, 1.82) is 0 Å². The molecule has 8 heteroatoms. The van der Waals surface area contributed by atoms with Crippen molar-refractivity contribution >= 4 is 17.3 Å². The van der Waals surface area contributed by atoms with E-state index in [2.05, 4.69) is 10.2 Å². The van der Waals surface area contributed by atoms with Gasteiger partial charge in [0.1, 0.15) is 11.6 Å². The van der Waals surface area contributed by atoms with Crippen LogP contribution in [-0.2, 0) is 12.4 Å². The molecule has 20 heavy (non-hydrogen) atoms. The van der Waals surface area contributed by atoms with Crippen molar-refractivity contribution in [3.8, 4) is 11.4 Å². The summed E-state index contributed by atoms with van der Waals surface area (Å²) >= 11 is 5.77. The summed E-state index contributed by atoms with van der Waals surface area (Å²) in [5.74, 6) is 0.329. The molecule has 2 aromatic rings. The molecule has 0 bridgehead atoms. The first kappa shape index (κ1) is 14.4. The van der Waals surface area contributed by atoms with Crippen molar-refractivity contribution in [1.82, 2.24) is 14.8 Å². The van der Waals surface area contributed by atoms with E-state index in [-0.39, 0.29) is 23.0 Å². The number of nitro groups is 1. The lowest BCUT2D eigenvalue weighted by atomic mass is 10.1. The van der Waals surface area contributed by atoms with E-state index in [1.54, 1.807) is 4.57 Å². The predicted molar refractivity (Wildman–Crippen MR) is 71.9 cm³/mol. The molecule has 0 unspecified atom stereocenters. The molecule has 1 aromatic heterocycles. The third kappa shape index (κ3) is 2.62. The SMILES string of the molecule is CCCn1c(CCl)nnc1-c1cc(F)ccc1[N+](=O)[O-]. The van der Waals surface area contributed by atoms with Gasteiger partial charge in [-0.3, -0.25) is 10.1 Å². The molecule has 0 aliphatic heterocycles. The zero-order valence-electron chi connectivity index (χ0n) is 10.7. The maximum atomic E-state index is 13.4. The number of halogens is 2. The van der Waals surface area contributed by atoms with E-state index in [4.69, 9.17) is 11.6 Å². The number of nitrogens with zero attached hydrogens (tertiary/aromatic N) is 4. The Morgan fingerprint density at radius 3 is 2.80 bits per heavy atom. The summed E-state index contributed by atoms with van der Waals surface area (Å²) in [6.45, 7) is 2.50. The third-order valence-electron chi connectivity index (χ3n) is 2.79. The molecule has 1 aromatic carbocycles. The van der Waals surface area contributed by atoms with Gasteiger partial charge in [-0.2, -0.15) is 0 Å². The zero-order chi connectivity index (χ0) is 14.7. The molecular weight excluding hydrogens is 287 g/mol.